The summed E-state index contributed by atoms with van der Waals surface area (Å²) in [6, 6.07) is 11.7. The van der Waals surface area contributed by atoms with Crippen LogP contribution >= 0.6 is 0 Å². The second-order valence-corrected chi connectivity index (χ2v) is 8.38. The molecule has 0 amide bonds. The quantitative estimate of drug-likeness (QED) is 0.328. The summed E-state index contributed by atoms with van der Waals surface area (Å²) in [6.07, 6.45) is 9.94. The van der Waals surface area contributed by atoms with Gasteiger partial charge in [0.1, 0.15) is 11.5 Å². The zero-order valence-electron chi connectivity index (χ0n) is 16.4. The summed E-state index contributed by atoms with van der Waals surface area (Å²) < 4.78 is 39.0. The molecule has 2 aromatic rings. The first-order valence-corrected chi connectivity index (χ1v) is 11.4. The van der Waals surface area contributed by atoms with Gasteiger partial charge in [-0.25, -0.2) is 0 Å². The van der Waals surface area contributed by atoms with Crippen LogP contribution in [0.25, 0.3) is 0 Å². The molecular formula is C22H30O5S. The van der Waals surface area contributed by atoms with Crippen molar-refractivity contribution in [3.8, 4) is 17.2 Å². The number of hydrogen-bond donors (Lipinski definition) is 2. The van der Waals surface area contributed by atoms with E-state index < -0.39 is 20.8 Å². The zero-order valence-corrected chi connectivity index (χ0v) is 17.2. The van der Waals surface area contributed by atoms with E-state index in [2.05, 4.69) is 6.92 Å². The number of rotatable bonds is 12. The molecule has 0 saturated heterocycles. The lowest BCUT2D eigenvalue weighted by Gasteiger charge is -2.15. The predicted molar refractivity (Wildman–Crippen MR) is 111 cm³/mol. The molecule has 2 rings (SSSR count). The molecule has 2 aromatic carbocycles. The van der Waals surface area contributed by atoms with Gasteiger partial charge in [-0.1, -0.05) is 76.1 Å². The van der Waals surface area contributed by atoms with Gasteiger partial charge >= 0.3 is 10.1 Å². The highest BCUT2D eigenvalue weighted by Gasteiger charge is 2.25. The Kier molecular flexibility index (Phi) is 8.80. The van der Waals surface area contributed by atoms with Crippen molar-refractivity contribution in [3.63, 3.8) is 0 Å². The van der Waals surface area contributed by atoms with Gasteiger partial charge in [-0.2, -0.15) is 8.42 Å². The second-order valence-electron chi connectivity index (χ2n) is 7.02. The van der Waals surface area contributed by atoms with Crippen LogP contribution < -0.4 is 4.74 Å². The van der Waals surface area contributed by atoms with Crippen molar-refractivity contribution < 1.29 is 22.8 Å². The summed E-state index contributed by atoms with van der Waals surface area (Å²) in [7, 11) is -4.63. The third-order valence-corrected chi connectivity index (χ3v) is 5.60. The van der Waals surface area contributed by atoms with Gasteiger partial charge in [0, 0.05) is 0 Å². The Morgan fingerprint density at radius 1 is 0.857 bits per heavy atom. The van der Waals surface area contributed by atoms with Crippen LogP contribution in [0.15, 0.2) is 47.4 Å². The summed E-state index contributed by atoms with van der Waals surface area (Å²) >= 11 is 0. The first-order valence-electron chi connectivity index (χ1n) is 9.98. The fraction of sp³-hybridized carbons (Fsp3) is 0.455. The van der Waals surface area contributed by atoms with Crippen LogP contribution in [0.4, 0.5) is 0 Å². The van der Waals surface area contributed by atoms with Crippen molar-refractivity contribution in [1.82, 2.24) is 0 Å². The van der Waals surface area contributed by atoms with Gasteiger partial charge in [-0.3, -0.25) is 4.55 Å². The number of benzene rings is 2. The third-order valence-electron chi connectivity index (χ3n) is 4.69. The highest BCUT2D eigenvalue weighted by molar-refractivity contribution is 7.86. The Morgan fingerprint density at radius 2 is 1.46 bits per heavy atom. The number of para-hydroxylation sites is 1. The highest BCUT2D eigenvalue weighted by atomic mass is 32.2. The number of unbranched alkanes of at least 4 members (excludes halogenated alkanes) is 7. The largest absolute Gasteiger partial charge is 0.506 e. The lowest BCUT2D eigenvalue weighted by molar-refractivity contribution is 0.411. The molecule has 0 saturated carbocycles. The van der Waals surface area contributed by atoms with E-state index in [4.69, 9.17) is 4.74 Å². The van der Waals surface area contributed by atoms with E-state index in [1.807, 2.05) is 6.07 Å². The van der Waals surface area contributed by atoms with E-state index in [0.29, 0.717) is 17.7 Å². The van der Waals surface area contributed by atoms with Crippen molar-refractivity contribution in [1.29, 1.82) is 0 Å². The normalized spacial score (nSPS) is 11.5. The zero-order chi connectivity index (χ0) is 20.4. The average molecular weight is 407 g/mol. The van der Waals surface area contributed by atoms with E-state index in [1.54, 1.807) is 30.3 Å². The van der Waals surface area contributed by atoms with E-state index in [1.165, 1.54) is 38.2 Å². The standard InChI is InChI=1S/C22H30O5S/c1-2-3-4-5-6-7-8-10-13-18-16-17-20(23)22(28(24,25)26)21(18)27-19-14-11-9-12-15-19/h9,11-12,14-17,23H,2-8,10,13H2,1H3,(H,24,25,26). The number of phenols is 1. The van der Waals surface area contributed by atoms with Gasteiger partial charge in [0.25, 0.3) is 0 Å². The van der Waals surface area contributed by atoms with E-state index in [0.717, 1.165) is 19.3 Å². The van der Waals surface area contributed by atoms with Crippen molar-refractivity contribution in [2.24, 2.45) is 0 Å². The average Bonchev–Trinajstić information content (AvgIpc) is 2.65. The molecule has 0 atom stereocenters. The SMILES string of the molecule is CCCCCCCCCCc1ccc(O)c(S(=O)(=O)O)c1Oc1ccccc1. The number of aryl methyl sites for hydroxylation is 1. The Hall–Kier alpha value is -2.05. The van der Waals surface area contributed by atoms with Crippen molar-refractivity contribution in [3.05, 3.63) is 48.0 Å². The molecule has 0 aliphatic heterocycles. The topological polar surface area (TPSA) is 83.8 Å². The molecule has 0 unspecified atom stereocenters. The molecule has 5 nitrogen and oxygen atoms in total. The van der Waals surface area contributed by atoms with Crippen LogP contribution in [0.3, 0.4) is 0 Å². The van der Waals surface area contributed by atoms with Gasteiger partial charge in [0.05, 0.1) is 0 Å². The molecule has 6 heteroatoms. The molecule has 154 valence electrons. The molecule has 0 aliphatic carbocycles. The highest BCUT2D eigenvalue weighted by Crippen LogP contribution is 2.39. The van der Waals surface area contributed by atoms with Gasteiger partial charge in [0.15, 0.2) is 10.6 Å². The smallest absolute Gasteiger partial charge is 0.301 e. The van der Waals surface area contributed by atoms with Gasteiger partial charge < -0.3 is 9.84 Å². The molecule has 28 heavy (non-hydrogen) atoms. The van der Waals surface area contributed by atoms with Crippen LogP contribution in [0.5, 0.6) is 17.2 Å². The summed E-state index contributed by atoms with van der Waals surface area (Å²) in [6.45, 7) is 2.20. The van der Waals surface area contributed by atoms with Crippen LogP contribution in [-0.4, -0.2) is 18.1 Å². The summed E-state index contributed by atoms with van der Waals surface area (Å²) in [5, 5.41) is 10.0. The van der Waals surface area contributed by atoms with Crippen molar-refractivity contribution in [2.75, 3.05) is 0 Å². The first-order chi connectivity index (χ1) is 13.4. The first kappa shape index (κ1) is 22.2. The number of aromatic hydroxyl groups is 1. The molecule has 0 heterocycles. The summed E-state index contributed by atoms with van der Waals surface area (Å²) in [5.74, 6) is -0.0834. The summed E-state index contributed by atoms with van der Waals surface area (Å²) in [5.41, 5.74) is 0.653. The van der Waals surface area contributed by atoms with E-state index >= 15 is 0 Å². The lowest BCUT2D eigenvalue weighted by atomic mass is 10.0. The van der Waals surface area contributed by atoms with Crippen molar-refractivity contribution >= 4 is 10.1 Å². The number of hydrogen-bond acceptors (Lipinski definition) is 4. The number of phenolic OH excluding ortho intramolecular Hbond substituents is 1. The Morgan fingerprint density at radius 3 is 2.07 bits per heavy atom. The fourth-order valence-corrected chi connectivity index (χ4v) is 3.95. The monoisotopic (exact) mass is 406 g/mol. The van der Waals surface area contributed by atoms with Gasteiger partial charge in [-0.15, -0.1) is 0 Å². The summed E-state index contributed by atoms with van der Waals surface area (Å²) in [4.78, 5) is -0.576. The van der Waals surface area contributed by atoms with Crippen LogP contribution in [0, 0.1) is 0 Å². The third kappa shape index (κ3) is 6.84. The Bertz CT molecular complexity index is 832. The molecule has 0 radical (unpaired) electrons. The minimum Gasteiger partial charge on any atom is -0.506 e. The van der Waals surface area contributed by atoms with E-state index in [-0.39, 0.29) is 5.75 Å². The Labute approximate surface area is 168 Å². The van der Waals surface area contributed by atoms with Crippen LogP contribution in [-0.2, 0) is 16.5 Å². The minimum absolute atomic E-state index is 0.00311. The second kappa shape index (κ2) is 11.1. The van der Waals surface area contributed by atoms with Crippen LogP contribution in [0.1, 0.15) is 63.9 Å². The molecule has 0 aromatic heterocycles. The molecule has 0 fully saturated rings. The molecule has 0 bridgehead atoms. The maximum atomic E-state index is 11.8. The predicted octanol–water partition coefficient (Wildman–Crippen LogP) is 6.11. The molecule has 0 spiro atoms. The van der Waals surface area contributed by atoms with Crippen molar-refractivity contribution in [2.45, 2.75) is 69.6 Å². The molecule has 2 N–H and O–H groups in total. The maximum absolute atomic E-state index is 11.8. The van der Waals surface area contributed by atoms with Gasteiger partial charge in [0.2, 0.25) is 0 Å². The fourth-order valence-electron chi connectivity index (χ4n) is 3.21. The minimum atomic E-state index is -4.63. The Balaban J connectivity index is 2.10. The van der Waals surface area contributed by atoms with E-state index in [9.17, 15) is 18.1 Å². The lowest BCUT2D eigenvalue weighted by Crippen LogP contribution is -2.04. The van der Waals surface area contributed by atoms with Gasteiger partial charge in [-0.05, 0) is 36.6 Å². The maximum Gasteiger partial charge on any atom is 0.301 e. The molecule has 0 aliphatic rings. The number of ether oxygens (including phenoxy) is 1. The van der Waals surface area contributed by atoms with Crippen LogP contribution in [0.2, 0.25) is 0 Å². The molecular weight excluding hydrogens is 376 g/mol.